The smallest absolute Gasteiger partial charge is 0.417 e. The molecule has 3 rings (SSSR count). The number of hydrogen-bond donors (Lipinski definition) is 1. The number of nitrogens with zero attached hydrogens (tertiary/aromatic N) is 2. The van der Waals surface area contributed by atoms with Crippen molar-refractivity contribution in [3.8, 4) is 11.5 Å². The molecular formula is C22H19F4N3O2. The van der Waals surface area contributed by atoms with Gasteiger partial charge in [0.1, 0.15) is 18.2 Å². The predicted octanol–water partition coefficient (Wildman–Crippen LogP) is 5.66. The van der Waals surface area contributed by atoms with Crippen molar-refractivity contribution in [2.24, 2.45) is 5.10 Å². The van der Waals surface area contributed by atoms with Crippen LogP contribution in [0.25, 0.3) is 0 Å². The third-order valence-corrected chi connectivity index (χ3v) is 4.09. The lowest BCUT2D eigenvalue weighted by Crippen LogP contribution is -2.05. The van der Waals surface area contributed by atoms with Crippen LogP contribution in [0, 0.1) is 5.82 Å². The molecule has 162 valence electrons. The molecule has 9 heteroatoms. The molecule has 0 saturated carbocycles. The highest BCUT2D eigenvalue weighted by Crippen LogP contribution is 2.30. The summed E-state index contributed by atoms with van der Waals surface area (Å²) in [6, 6.07) is 13.5. The first-order valence-electron chi connectivity index (χ1n) is 9.32. The minimum Gasteiger partial charge on any atom is -0.490 e. The van der Waals surface area contributed by atoms with Crippen molar-refractivity contribution in [1.29, 1.82) is 0 Å². The zero-order chi connectivity index (χ0) is 22.3. The molecule has 31 heavy (non-hydrogen) atoms. The van der Waals surface area contributed by atoms with Crippen molar-refractivity contribution in [3.63, 3.8) is 0 Å². The molecule has 0 aliphatic rings. The number of alkyl halides is 3. The number of hydrazone groups is 1. The molecule has 0 spiro atoms. The van der Waals surface area contributed by atoms with Gasteiger partial charge in [0, 0.05) is 11.8 Å². The van der Waals surface area contributed by atoms with Crippen LogP contribution in [0.4, 0.5) is 23.4 Å². The van der Waals surface area contributed by atoms with Crippen LogP contribution in [0.2, 0.25) is 0 Å². The summed E-state index contributed by atoms with van der Waals surface area (Å²) < 4.78 is 62.8. The number of ether oxygens (including phenoxy) is 2. The summed E-state index contributed by atoms with van der Waals surface area (Å²) >= 11 is 0. The third kappa shape index (κ3) is 6.18. The molecule has 0 atom stereocenters. The monoisotopic (exact) mass is 433 g/mol. The van der Waals surface area contributed by atoms with Gasteiger partial charge in [0.2, 0.25) is 0 Å². The second-order valence-electron chi connectivity index (χ2n) is 6.32. The van der Waals surface area contributed by atoms with Gasteiger partial charge in [-0.15, -0.1) is 0 Å². The Morgan fingerprint density at radius 3 is 2.52 bits per heavy atom. The number of pyridine rings is 1. The SMILES string of the molecule is CCOc1cc(/C=N\Nc2ccc(C(F)(F)F)cn2)ccc1OCc1ccccc1F. The zero-order valence-electron chi connectivity index (χ0n) is 16.5. The fraction of sp³-hybridized carbons (Fsp3) is 0.182. The van der Waals surface area contributed by atoms with Crippen LogP contribution in [0.3, 0.4) is 0 Å². The Hall–Kier alpha value is -3.62. The number of nitrogens with one attached hydrogen (secondary N) is 1. The predicted molar refractivity (Wildman–Crippen MR) is 109 cm³/mol. The van der Waals surface area contributed by atoms with Crippen LogP contribution in [0.5, 0.6) is 11.5 Å². The highest BCUT2D eigenvalue weighted by molar-refractivity contribution is 5.81. The van der Waals surface area contributed by atoms with E-state index in [-0.39, 0.29) is 18.2 Å². The molecule has 1 heterocycles. The molecule has 0 bridgehead atoms. The van der Waals surface area contributed by atoms with Crippen LogP contribution in [0.15, 0.2) is 65.9 Å². The minimum absolute atomic E-state index is 0.0430. The normalized spacial score (nSPS) is 11.5. The van der Waals surface area contributed by atoms with Gasteiger partial charge < -0.3 is 9.47 Å². The lowest BCUT2D eigenvalue weighted by molar-refractivity contribution is -0.137. The molecular weight excluding hydrogens is 414 g/mol. The quantitative estimate of drug-likeness (QED) is 0.283. The average molecular weight is 433 g/mol. The van der Waals surface area contributed by atoms with Gasteiger partial charge in [-0.25, -0.2) is 9.37 Å². The minimum atomic E-state index is -4.44. The Kier molecular flexibility index (Phi) is 7.07. The van der Waals surface area contributed by atoms with E-state index in [0.717, 1.165) is 12.3 Å². The molecule has 1 aromatic heterocycles. The lowest BCUT2D eigenvalue weighted by Gasteiger charge is -2.13. The molecule has 5 nitrogen and oxygen atoms in total. The van der Waals surface area contributed by atoms with Gasteiger partial charge in [-0.2, -0.15) is 18.3 Å². The molecule has 3 aromatic rings. The molecule has 0 aliphatic heterocycles. The molecule has 2 aromatic carbocycles. The Labute approximate surface area is 176 Å². The van der Waals surface area contributed by atoms with Crippen LogP contribution in [0.1, 0.15) is 23.6 Å². The molecule has 0 fully saturated rings. The fourth-order valence-electron chi connectivity index (χ4n) is 2.56. The van der Waals surface area contributed by atoms with Crippen molar-refractivity contribution in [1.82, 2.24) is 4.98 Å². The van der Waals surface area contributed by atoms with Crippen molar-refractivity contribution in [2.45, 2.75) is 19.7 Å². The first kappa shape index (κ1) is 22.1. The number of anilines is 1. The maximum Gasteiger partial charge on any atom is 0.417 e. The summed E-state index contributed by atoms with van der Waals surface area (Å²) in [4.78, 5) is 3.68. The molecule has 0 radical (unpaired) electrons. The van der Waals surface area contributed by atoms with Gasteiger partial charge in [0.15, 0.2) is 11.5 Å². The van der Waals surface area contributed by atoms with E-state index in [2.05, 4.69) is 15.5 Å². The Balaban J connectivity index is 1.66. The lowest BCUT2D eigenvalue weighted by atomic mass is 10.2. The standard InChI is InChI=1S/C22H19F4N3O2/c1-2-30-20-11-15(7-9-19(20)31-14-16-5-3-4-6-18(16)23)12-28-29-21-10-8-17(13-27-21)22(24,25)26/h3-13H,2,14H2,1H3,(H,27,29)/b28-12-. The zero-order valence-corrected chi connectivity index (χ0v) is 16.5. The number of benzene rings is 2. The molecule has 0 aliphatic carbocycles. The fourth-order valence-corrected chi connectivity index (χ4v) is 2.56. The van der Waals surface area contributed by atoms with Crippen molar-refractivity contribution in [3.05, 3.63) is 83.3 Å². The van der Waals surface area contributed by atoms with Gasteiger partial charge in [-0.3, -0.25) is 5.43 Å². The maximum absolute atomic E-state index is 13.8. The summed E-state index contributed by atoms with van der Waals surface area (Å²) in [6.07, 6.45) is -2.25. The van der Waals surface area contributed by atoms with E-state index in [9.17, 15) is 17.6 Å². The highest BCUT2D eigenvalue weighted by atomic mass is 19.4. The number of halogens is 4. The van der Waals surface area contributed by atoms with Crippen LogP contribution in [-0.2, 0) is 12.8 Å². The Morgan fingerprint density at radius 2 is 1.84 bits per heavy atom. The topological polar surface area (TPSA) is 55.7 Å². The van der Waals surface area contributed by atoms with E-state index in [4.69, 9.17) is 9.47 Å². The van der Waals surface area contributed by atoms with Crippen molar-refractivity contribution in [2.75, 3.05) is 12.0 Å². The Morgan fingerprint density at radius 1 is 1.03 bits per heavy atom. The van der Waals surface area contributed by atoms with Crippen molar-refractivity contribution < 1.29 is 27.0 Å². The summed E-state index contributed by atoms with van der Waals surface area (Å²) in [5.41, 5.74) is 2.80. The summed E-state index contributed by atoms with van der Waals surface area (Å²) in [5, 5.41) is 3.98. The van der Waals surface area contributed by atoms with E-state index in [1.54, 1.807) is 36.4 Å². The van der Waals surface area contributed by atoms with Crippen LogP contribution in [-0.4, -0.2) is 17.8 Å². The highest BCUT2D eigenvalue weighted by Gasteiger charge is 2.30. The third-order valence-electron chi connectivity index (χ3n) is 4.09. The van der Waals surface area contributed by atoms with E-state index in [0.29, 0.717) is 29.2 Å². The van der Waals surface area contributed by atoms with Gasteiger partial charge in [-0.1, -0.05) is 18.2 Å². The Bertz CT molecular complexity index is 1040. The van der Waals surface area contributed by atoms with E-state index in [1.165, 1.54) is 18.3 Å². The van der Waals surface area contributed by atoms with Gasteiger partial charge in [0.05, 0.1) is 18.4 Å². The number of hydrogen-bond acceptors (Lipinski definition) is 5. The number of aromatic nitrogens is 1. The summed E-state index contributed by atoms with van der Waals surface area (Å²) in [7, 11) is 0. The van der Waals surface area contributed by atoms with Crippen LogP contribution >= 0.6 is 0 Å². The largest absolute Gasteiger partial charge is 0.490 e. The second-order valence-corrected chi connectivity index (χ2v) is 6.32. The van der Waals surface area contributed by atoms with E-state index < -0.39 is 11.7 Å². The van der Waals surface area contributed by atoms with Crippen LogP contribution < -0.4 is 14.9 Å². The van der Waals surface area contributed by atoms with Crippen molar-refractivity contribution >= 4 is 12.0 Å². The molecule has 0 amide bonds. The van der Waals surface area contributed by atoms with Gasteiger partial charge in [0.25, 0.3) is 0 Å². The number of rotatable bonds is 8. The average Bonchev–Trinajstić information content (AvgIpc) is 2.74. The first-order chi connectivity index (χ1) is 14.9. The van der Waals surface area contributed by atoms with E-state index >= 15 is 0 Å². The van der Waals surface area contributed by atoms with E-state index in [1.807, 2.05) is 6.92 Å². The maximum atomic E-state index is 13.8. The molecule has 1 N–H and O–H groups in total. The van der Waals surface area contributed by atoms with Gasteiger partial charge >= 0.3 is 6.18 Å². The summed E-state index contributed by atoms with van der Waals surface area (Å²) in [5.74, 6) is 0.710. The first-order valence-corrected chi connectivity index (χ1v) is 9.32. The molecule has 0 unspecified atom stereocenters. The van der Waals surface area contributed by atoms with Gasteiger partial charge in [-0.05, 0) is 48.9 Å². The summed E-state index contributed by atoms with van der Waals surface area (Å²) in [6.45, 7) is 2.25. The molecule has 0 saturated heterocycles. The second kappa shape index (κ2) is 9.92.